The Hall–Kier alpha value is -2.80. The number of rotatable bonds is 7. The fraction of sp³-hybridized carbons (Fsp3) is 0.455. The number of hydrogen-bond acceptors (Lipinski definition) is 6. The minimum absolute atomic E-state index is 0.204. The molecule has 2 heterocycles. The molecule has 0 aliphatic heterocycles. The first kappa shape index (κ1) is 19.5. The first-order valence-corrected chi connectivity index (χ1v) is 10.4. The Balaban J connectivity index is 1.62. The van der Waals surface area contributed by atoms with Crippen molar-refractivity contribution in [1.29, 1.82) is 0 Å². The maximum Gasteiger partial charge on any atom is 0.162 e. The van der Waals surface area contributed by atoms with Gasteiger partial charge in [0.1, 0.15) is 17.4 Å². The number of benzene rings is 1. The van der Waals surface area contributed by atoms with Gasteiger partial charge in [0, 0.05) is 36.7 Å². The van der Waals surface area contributed by atoms with Crippen LogP contribution in [0.25, 0.3) is 5.65 Å². The Morgan fingerprint density at radius 2 is 2.07 bits per heavy atom. The first-order chi connectivity index (χ1) is 14.2. The lowest BCUT2D eigenvalue weighted by Gasteiger charge is -2.31. The number of fused-ring (bicyclic) bond motifs is 1. The Bertz CT molecular complexity index is 971. The summed E-state index contributed by atoms with van der Waals surface area (Å²) in [5, 5.41) is 31.0. The van der Waals surface area contributed by atoms with E-state index in [9.17, 15) is 10.2 Å². The molecule has 1 aliphatic carbocycles. The van der Waals surface area contributed by atoms with Crippen LogP contribution in [0.2, 0.25) is 0 Å². The molecule has 3 aromatic rings. The number of nitrogens with one attached hydrogen (secondary N) is 2. The van der Waals surface area contributed by atoms with Gasteiger partial charge >= 0.3 is 0 Å². The van der Waals surface area contributed by atoms with Crippen molar-refractivity contribution in [2.24, 2.45) is 5.92 Å². The number of aryl methyl sites for hydroxylation is 1. The molecule has 1 fully saturated rings. The standard InChI is InChI=1S/C22H29N5O2/c1-2-16-13-24-27-21(23-12-15-6-5-8-18(29)10-15)11-20(26-22(16)27)25-19-9-4-3-7-17(19)14-28/h5-6,8,10-11,13,17,19,23,28-29H,2-4,7,9,12,14H2,1H3,(H,25,26)/t17-,19-/m0/s1. The number of phenolic OH excluding ortho intramolecular Hbond substituents is 1. The van der Waals surface area contributed by atoms with Crippen molar-refractivity contribution in [3.8, 4) is 5.75 Å². The molecule has 0 amide bonds. The van der Waals surface area contributed by atoms with E-state index in [1.54, 1.807) is 12.1 Å². The van der Waals surface area contributed by atoms with E-state index in [1.807, 2.05) is 28.9 Å². The van der Waals surface area contributed by atoms with E-state index in [0.717, 1.165) is 47.7 Å². The van der Waals surface area contributed by atoms with Crippen molar-refractivity contribution in [3.05, 3.63) is 47.7 Å². The van der Waals surface area contributed by atoms with Crippen molar-refractivity contribution in [1.82, 2.24) is 14.6 Å². The maximum atomic E-state index is 9.74. The second-order valence-corrected chi connectivity index (χ2v) is 7.79. The van der Waals surface area contributed by atoms with Crippen LogP contribution in [-0.2, 0) is 13.0 Å². The Labute approximate surface area is 170 Å². The highest BCUT2D eigenvalue weighted by Gasteiger charge is 2.25. The number of aromatic hydroxyl groups is 1. The van der Waals surface area contributed by atoms with Gasteiger partial charge in [0.2, 0.25) is 0 Å². The van der Waals surface area contributed by atoms with Gasteiger partial charge in [-0.05, 0) is 37.0 Å². The summed E-state index contributed by atoms with van der Waals surface area (Å²) in [4.78, 5) is 4.83. The fourth-order valence-electron chi connectivity index (χ4n) is 4.12. The number of phenols is 1. The summed E-state index contributed by atoms with van der Waals surface area (Å²) in [5.74, 6) is 2.17. The molecule has 2 atom stereocenters. The molecular formula is C22H29N5O2. The molecule has 4 N–H and O–H groups in total. The lowest BCUT2D eigenvalue weighted by Crippen LogP contribution is -2.34. The number of nitrogens with zero attached hydrogens (tertiary/aromatic N) is 3. The average Bonchev–Trinajstić information content (AvgIpc) is 3.15. The largest absolute Gasteiger partial charge is 0.508 e. The van der Waals surface area contributed by atoms with E-state index in [0.29, 0.717) is 6.54 Å². The molecular weight excluding hydrogens is 366 g/mol. The normalized spacial score (nSPS) is 19.4. The van der Waals surface area contributed by atoms with Crippen molar-refractivity contribution in [2.45, 2.75) is 51.6 Å². The molecule has 0 unspecified atom stereocenters. The molecule has 154 valence electrons. The molecule has 0 bridgehead atoms. The first-order valence-electron chi connectivity index (χ1n) is 10.4. The molecule has 7 nitrogen and oxygen atoms in total. The molecule has 0 saturated heterocycles. The third kappa shape index (κ3) is 4.29. The zero-order valence-electron chi connectivity index (χ0n) is 16.8. The second-order valence-electron chi connectivity index (χ2n) is 7.79. The summed E-state index contributed by atoms with van der Waals surface area (Å²) < 4.78 is 1.83. The summed E-state index contributed by atoms with van der Waals surface area (Å²) in [5.41, 5.74) is 2.92. The van der Waals surface area contributed by atoms with Gasteiger partial charge in [-0.25, -0.2) is 4.98 Å². The highest BCUT2D eigenvalue weighted by Crippen LogP contribution is 2.28. The van der Waals surface area contributed by atoms with Crippen LogP contribution < -0.4 is 10.6 Å². The summed E-state index contributed by atoms with van der Waals surface area (Å²) in [6.07, 6.45) is 7.16. The van der Waals surface area contributed by atoms with Crippen molar-refractivity contribution in [2.75, 3.05) is 17.2 Å². The van der Waals surface area contributed by atoms with E-state index < -0.39 is 0 Å². The SMILES string of the molecule is CCc1cnn2c(NCc3cccc(O)c3)cc(N[C@H]3CCCC[C@H]3CO)nc12. The minimum atomic E-state index is 0.204. The Kier molecular flexibility index (Phi) is 5.85. The van der Waals surface area contributed by atoms with E-state index in [-0.39, 0.29) is 24.3 Å². The molecule has 1 aliphatic rings. The molecule has 4 rings (SSSR count). The highest BCUT2D eigenvalue weighted by molar-refractivity contribution is 5.60. The molecule has 2 aromatic heterocycles. The van der Waals surface area contributed by atoms with Gasteiger partial charge in [0.15, 0.2) is 5.65 Å². The lowest BCUT2D eigenvalue weighted by molar-refractivity contribution is 0.178. The van der Waals surface area contributed by atoms with Crippen LogP contribution in [0, 0.1) is 5.92 Å². The van der Waals surface area contributed by atoms with Crippen LogP contribution in [0.4, 0.5) is 11.6 Å². The third-order valence-corrected chi connectivity index (χ3v) is 5.79. The number of aliphatic hydroxyl groups excluding tert-OH is 1. The second kappa shape index (κ2) is 8.69. The van der Waals surface area contributed by atoms with E-state index in [2.05, 4.69) is 22.7 Å². The van der Waals surface area contributed by atoms with Crippen LogP contribution in [0.1, 0.15) is 43.7 Å². The maximum absolute atomic E-state index is 9.74. The average molecular weight is 396 g/mol. The topological polar surface area (TPSA) is 94.7 Å². The number of hydrogen-bond donors (Lipinski definition) is 4. The molecule has 7 heteroatoms. The van der Waals surface area contributed by atoms with Crippen LogP contribution in [-0.4, -0.2) is 37.5 Å². The third-order valence-electron chi connectivity index (χ3n) is 5.79. The number of aliphatic hydroxyl groups is 1. The Morgan fingerprint density at radius 1 is 1.21 bits per heavy atom. The van der Waals surface area contributed by atoms with Crippen molar-refractivity contribution < 1.29 is 10.2 Å². The summed E-state index contributed by atoms with van der Waals surface area (Å²) in [7, 11) is 0. The van der Waals surface area contributed by atoms with Crippen LogP contribution in [0.5, 0.6) is 5.75 Å². The van der Waals surface area contributed by atoms with Crippen molar-refractivity contribution >= 4 is 17.3 Å². The molecule has 1 saturated carbocycles. The van der Waals surface area contributed by atoms with Crippen molar-refractivity contribution in [3.63, 3.8) is 0 Å². The summed E-state index contributed by atoms with van der Waals surface area (Å²) >= 11 is 0. The predicted octanol–water partition coefficient (Wildman–Crippen LogP) is 3.57. The molecule has 0 spiro atoms. The number of anilines is 2. The zero-order valence-corrected chi connectivity index (χ0v) is 16.8. The van der Waals surface area contributed by atoms with Gasteiger partial charge in [-0.1, -0.05) is 31.9 Å². The van der Waals surface area contributed by atoms with Gasteiger partial charge in [-0.15, -0.1) is 0 Å². The molecule has 1 aromatic carbocycles. The molecule has 0 radical (unpaired) electrons. The predicted molar refractivity (Wildman–Crippen MR) is 114 cm³/mol. The zero-order chi connectivity index (χ0) is 20.2. The van der Waals surface area contributed by atoms with Crippen LogP contribution in [0.3, 0.4) is 0 Å². The molecule has 29 heavy (non-hydrogen) atoms. The van der Waals surface area contributed by atoms with E-state index in [4.69, 9.17) is 4.98 Å². The van der Waals surface area contributed by atoms with Gasteiger partial charge < -0.3 is 20.8 Å². The van der Waals surface area contributed by atoms with Crippen LogP contribution in [0.15, 0.2) is 36.5 Å². The number of aromatic nitrogens is 3. The summed E-state index contributed by atoms with van der Waals surface area (Å²) in [6.45, 7) is 2.87. The van der Waals surface area contributed by atoms with Gasteiger partial charge in [-0.2, -0.15) is 9.61 Å². The fourth-order valence-corrected chi connectivity index (χ4v) is 4.12. The lowest BCUT2D eigenvalue weighted by atomic mass is 9.85. The Morgan fingerprint density at radius 3 is 2.86 bits per heavy atom. The summed E-state index contributed by atoms with van der Waals surface area (Å²) in [6, 6.07) is 9.43. The quantitative estimate of drug-likeness (QED) is 0.489. The van der Waals surface area contributed by atoms with Gasteiger partial charge in [0.05, 0.1) is 6.20 Å². The van der Waals surface area contributed by atoms with Crippen LogP contribution >= 0.6 is 0 Å². The smallest absolute Gasteiger partial charge is 0.162 e. The monoisotopic (exact) mass is 395 g/mol. The van der Waals surface area contributed by atoms with Gasteiger partial charge in [0.25, 0.3) is 0 Å². The van der Waals surface area contributed by atoms with E-state index in [1.165, 1.54) is 12.8 Å². The highest BCUT2D eigenvalue weighted by atomic mass is 16.3. The van der Waals surface area contributed by atoms with E-state index >= 15 is 0 Å². The van der Waals surface area contributed by atoms with Gasteiger partial charge in [-0.3, -0.25) is 0 Å². The minimum Gasteiger partial charge on any atom is -0.508 e.